The van der Waals surface area contributed by atoms with Crippen LogP contribution in [-0.4, -0.2) is 62.6 Å². The van der Waals surface area contributed by atoms with Crippen molar-refractivity contribution in [3.63, 3.8) is 0 Å². The fraction of sp³-hybridized carbons (Fsp3) is 0.333. The topological polar surface area (TPSA) is 168 Å². The molecule has 2 aromatic heterocycles. The predicted molar refractivity (Wildman–Crippen MR) is 148 cm³/mol. The number of nitrogens with one attached hydrogen (secondary N) is 2. The van der Waals surface area contributed by atoms with E-state index >= 15 is 0 Å². The fourth-order valence-electron chi connectivity index (χ4n) is 3.38. The lowest BCUT2D eigenvalue weighted by Crippen LogP contribution is -2.22. The van der Waals surface area contributed by atoms with Crippen LogP contribution >= 0.6 is 0 Å². The van der Waals surface area contributed by atoms with E-state index in [1.54, 1.807) is 4.72 Å². The maximum absolute atomic E-state index is 12.7. The predicted octanol–water partition coefficient (Wildman–Crippen LogP) is 3.85. The number of nitrogens with two attached hydrogens (primary N) is 1. The number of amides is 1. The molecule has 0 aliphatic carbocycles. The molecule has 40 heavy (non-hydrogen) atoms. The second-order valence-corrected chi connectivity index (χ2v) is 17.1. The van der Waals surface area contributed by atoms with Crippen LogP contribution in [0.2, 0.25) is 25.7 Å². The Morgan fingerprint density at radius 2 is 1.80 bits per heavy atom. The van der Waals surface area contributed by atoms with Gasteiger partial charge in [-0.15, -0.1) is 0 Å². The SMILES string of the molecule is COC(=O)c1ccc(Nc2c(C(N)=O)c(-c3ccc(NS(=O)(=O)C(F)F)cc3)nn2COCC[Si](C)(C)C)nc1. The minimum atomic E-state index is -4.86. The molecule has 0 atom stereocenters. The Bertz CT molecular complexity index is 1460. The van der Waals surface area contributed by atoms with Crippen LogP contribution in [0.15, 0.2) is 42.6 Å². The Hall–Kier alpha value is -3.89. The zero-order valence-electron chi connectivity index (χ0n) is 22.3. The Morgan fingerprint density at radius 1 is 1.12 bits per heavy atom. The number of alkyl halides is 2. The Labute approximate surface area is 230 Å². The first-order valence-electron chi connectivity index (χ1n) is 11.9. The van der Waals surface area contributed by atoms with Gasteiger partial charge < -0.3 is 20.5 Å². The molecule has 0 spiro atoms. The quantitative estimate of drug-likeness (QED) is 0.151. The lowest BCUT2D eigenvalue weighted by atomic mass is 10.1. The number of hydrogen-bond donors (Lipinski definition) is 3. The number of ether oxygens (including phenoxy) is 2. The summed E-state index contributed by atoms with van der Waals surface area (Å²) in [5.41, 5.74) is 6.32. The van der Waals surface area contributed by atoms with Gasteiger partial charge in [-0.05, 0) is 30.3 Å². The van der Waals surface area contributed by atoms with Crippen molar-refractivity contribution in [1.82, 2.24) is 14.8 Å². The van der Waals surface area contributed by atoms with Crippen molar-refractivity contribution in [2.45, 2.75) is 38.2 Å². The van der Waals surface area contributed by atoms with Crippen molar-refractivity contribution in [2.75, 3.05) is 23.8 Å². The van der Waals surface area contributed by atoms with Crippen LogP contribution in [0, 0.1) is 0 Å². The third-order valence-electron chi connectivity index (χ3n) is 5.49. The average molecular weight is 597 g/mol. The molecule has 16 heteroatoms. The van der Waals surface area contributed by atoms with Crippen LogP contribution in [0.1, 0.15) is 20.7 Å². The van der Waals surface area contributed by atoms with Gasteiger partial charge in [-0.1, -0.05) is 31.8 Å². The van der Waals surface area contributed by atoms with Crippen molar-refractivity contribution in [3.8, 4) is 11.3 Å². The van der Waals surface area contributed by atoms with Gasteiger partial charge in [0.2, 0.25) is 0 Å². The minimum absolute atomic E-state index is 0.0199. The number of benzene rings is 1. The summed E-state index contributed by atoms with van der Waals surface area (Å²) in [5, 5.41) is 7.50. The molecule has 0 saturated heterocycles. The van der Waals surface area contributed by atoms with Gasteiger partial charge in [0, 0.05) is 32.1 Å². The number of carbonyl (C=O) groups excluding carboxylic acids is 2. The van der Waals surface area contributed by atoms with Crippen molar-refractivity contribution >= 4 is 47.3 Å². The first-order chi connectivity index (χ1) is 18.7. The summed E-state index contributed by atoms with van der Waals surface area (Å²) < 4.78 is 62.1. The number of primary amides is 1. The zero-order chi connectivity index (χ0) is 29.7. The van der Waals surface area contributed by atoms with E-state index in [1.807, 2.05) is 0 Å². The van der Waals surface area contributed by atoms with E-state index in [4.69, 9.17) is 10.5 Å². The third kappa shape index (κ3) is 7.83. The molecule has 1 amide bonds. The van der Waals surface area contributed by atoms with Crippen LogP contribution < -0.4 is 15.8 Å². The van der Waals surface area contributed by atoms with Crippen LogP contribution in [0.25, 0.3) is 11.3 Å². The number of hydrogen-bond acceptors (Lipinski definition) is 9. The standard InChI is InChI=1S/C24H30F2N6O6SSi/c1-37-23(34)16-7-10-18(28-13-16)29-22-19(21(27)33)20(30-32(22)14-38-11-12-40(2,3)4)15-5-8-17(9-6-15)31-39(35,36)24(25)26/h5-10,13,24,31H,11-12,14H2,1-4H3,(H2,27,33)(H,28,29). The third-order valence-corrected chi connectivity index (χ3v) is 8.19. The normalized spacial score (nSPS) is 11.9. The first kappa shape index (κ1) is 30.6. The molecule has 0 unspecified atom stereocenters. The molecule has 0 aliphatic heterocycles. The second kappa shape index (κ2) is 12.5. The number of anilines is 3. The number of pyridine rings is 1. The van der Waals surface area contributed by atoms with Gasteiger partial charge in [-0.2, -0.15) is 13.9 Å². The lowest BCUT2D eigenvalue weighted by Gasteiger charge is -2.16. The fourth-order valence-corrected chi connectivity index (χ4v) is 4.69. The summed E-state index contributed by atoms with van der Waals surface area (Å²) in [4.78, 5) is 28.6. The van der Waals surface area contributed by atoms with Crippen LogP contribution in [0.3, 0.4) is 0 Å². The number of nitrogens with zero attached hydrogens (tertiary/aromatic N) is 3. The van der Waals surface area contributed by atoms with Gasteiger partial charge >= 0.3 is 11.7 Å². The number of sulfonamides is 1. The molecule has 0 aliphatic rings. The molecule has 0 saturated carbocycles. The second-order valence-electron chi connectivity index (χ2n) is 9.82. The molecule has 12 nitrogen and oxygen atoms in total. The summed E-state index contributed by atoms with van der Waals surface area (Å²) in [6.07, 6.45) is 1.30. The maximum Gasteiger partial charge on any atom is 0.355 e. The zero-order valence-corrected chi connectivity index (χ0v) is 24.1. The van der Waals surface area contributed by atoms with Gasteiger partial charge in [0.25, 0.3) is 15.9 Å². The van der Waals surface area contributed by atoms with E-state index < -0.39 is 35.7 Å². The van der Waals surface area contributed by atoms with Crippen LogP contribution in [0.5, 0.6) is 0 Å². The summed E-state index contributed by atoms with van der Waals surface area (Å²) >= 11 is 0. The van der Waals surface area contributed by atoms with Crippen LogP contribution in [0.4, 0.5) is 26.1 Å². The van der Waals surface area contributed by atoms with Crippen molar-refractivity contribution in [1.29, 1.82) is 0 Å². The van der Waals surface area contributed by atoms with Gasteiger partial charge in [0.05, 0.1) is 12.7 Å². The van der Waals surface area contributed by atoms with E-state index in [-0.39, 0.29) is 40.9 Å². The van der Waals surface area contributed by atoms with Crippen molar-refractivity contribution in [2.24, 2.45) is 5.73 Å². The van der Waals surface area contributed by atoms with E-state index in [0.29, 0.717) is 12.2 Å². The number of aromatic nitrogens is 3. The minimum Gasteiger partial charge on any atom is -0.465 e. The highest BCUT2D eigenvalue weighted by molar-refractivity contribution is 7.93. The molecule has 1 aromatic carbocycles. The molecule has 0 fully saturated rings. The highest BCUT2D eigenvalue weighted by atomic mass is 32.2. The molecule has 2 heterocycles. The highest BCUT2D eigenvalue weighted by Crippen LogP contribution is 2.32. The monoisotopic (exact) mass is 596 g/mol. The molecule has 0 radical (unpaired) electrons. The average Bonchev–Trinajstić information content (AvgIpc) is 3.24. The lowest BCUT2D eigenvalue weighted by molar-refractivity contribution is 0.0600. The van der Waals surface area contributed by atoms with Gasteiger partial charge in [0.1, 0.15) is 29.6 Å². The molecule has 216 valence electrons. The Kier molecular flexibility index (Phi) is 9.59. The molecule has 3 rings (SSSR count). The summed E-state index contributed by atoms with van der Waals surface area (Å²) in [6, 6.07) is 9.19. The largest absolute Gasteiger partial charge is 0.465 e. The molecule has 0 bridgehead atoms. The van der Waals surface area contributed by atoms with Gasteiger partial charge in [-0.3, -0.25) is 9.52 Å². The van der Waals surface area contributed by atoms with Gasteiger partial charge in [-0.25, -0.2) is 22.9 Å². The van der Waals surface area contributed by atoms with E-state index in [2.05, 4.69) is 39.8 Å². The van der Waals surface area contributed by atoms with Crippen molar-refractivity contribution in [3.05, 3.63) is 53.7 Å². The van der Waals surface area contributed by atoms with E-state index in [0.717, 1.165) is 6.04 Å². The molecular formula is C24H30F2N6O6SSi. The summed E-state index contributed by atoms with van der Waals surface area (Å²) in [6.45, 7) is 7.03. The Morgan fingerprint density at radius 3 is 2.33 bits per heavy atom. The summed E-state index contributed by atoms with van der Waals surface area (Å²) in [7, 11) is -4.99. The number of carbonyl (C=O) groups is 2. The summed E-state index contributed by atoms with van der Waals surface area (Å²) in [5.74, 6) is -4.58. The maximum atomic E-state index is 12.7. The Balaban J connectivity index is 2.00. The molecular weight excluding hydrogens is 566 g/mol. The van der Waals surface area contributed by atoms with E-state index in [9.17, 15) is 26.8 Å². The highest BCUT2D eigenvalue weighted by Gasteiger charge is 2.26. The number of methoxy groups -OCH3 is 1. The van der Waals surface area contributed by atoms with E-state index in [1.165, 1.54) is 54.4 Å². The van der Waals surface area contributed by atoms with Crippen molar-refractivity contribution < 1.29 is 36.3 Å². The number of halogens is 2. The van der Waals surface area contributed by atoms with Gasteiger partial charge in [0.15, 0.2) is 0 Å². The number of rotatable bonds is 13. The smallest absolute Gasteiger partial charge is 0.355 e. The molecule has 3 aromatic rings. The molecule has 4 N–H and O–H groups in total. The first-order valence-corrected chi connectivity index (χ1v) is 17.2. The van der Waals surface area contributed by atoms with Crippen LogP contribution in [-0.2, 0) is 26.2 Å². The number of esters is 1.